The summed E-state index contributed by atoms with van der Waals surface area (Å²) in [7, 11) is 0. The van der Waals surface area contributed by atoms with Crippen LogP contribution in [0.3, 0.4) is 0 Å². The van der Waals surface area contributed by atoms with Gasteiger partial charge in [0.05, 0.1) is 12.0 Å². The van der Waals surface area contributed by atoms with E-state index in [1.165, 1.54) is 0 Å². The highest BCUT2D eigenvalue weighted by Crippen LogP contribution is 2.38. The largest absolute Gasteiger partial charge is 0.457 e. The standard InChI is InChI=1S/C24H28N2O4/c1-15-11-21(17(3)26(15)20-9-10-20)22(27)14-30-24(29)19-12-23(28)25(13-19)16(2)18-7-5-4-6-8-18/h4-8,11,16,19-20H,9-10,12-14H2,1-3H3/t16-,19-/m1/s1. The summed E-state index contributed by atoms with van der Waals surface area (Å²) in [6.45, 7) is 5.94. The number of carbonyl (C=O) groups excluding carboxylic acids is 3. The van der Waals surface area contributed by atoms with Gasteiger partial charge in [-0.25, -0.2) is 0 Å². The molecule has 1 saturated carbocycles. The summed E-state index contributed by atoms with van der Waals surface area (Å²) in [5, 5.41) is 0. The van der Waals surface area contributed by atoms with Crippen molar-refractivity contribution in [1.82, 2.24) is 9.47 Å². The molecule has 1 amide bonds. The molecule has 158 valence electrons. The smallest absolute Gasteiger partial charge is 0.311 e. The van der Waals surface area contributed by atoms with Gasteiger partial charge >= 0.3 is 5.97 Å². The van der Waals surface area contributed by atoms with Gasteiger partial charge in [0.2, 0.25) is 11.7 Å². The fourth-order valence-electron chi connectivity index (χ4n) is 4.46. The molecule has 30 heavy (non-hydrogen) atoms. The van der Waals surface area contributed by atoms with Gasteiger partial charge in [-0.1, -0.05) is 30.3 Å². The van der Waals surface area contributed by atoms with Crippen molar-refractivity contribution in [2.24, 2.45) is 5.92 Å². The number of carbonyl (C=O) groups is 3. The number of ketones is 1. The molecule has 2 heterocycles. The van der Waals surface area contributed by atoms with Crippen LogP contribution in [0.4, 0.5) is 0 Å². The van der Waals surface area contributed by atoms with Crippen molar-refractivity contribution in [2.45, 2.75) is 52.1 Å². The molecule has 1 aromatic carbocycles. The van der Waals surface area contributed by atoms with E-state index in [0.717, 1.165) is 29.8 Å². The first-order valence-corrected chi connectivity index (χ1v) is 10.6. The number of benzene rings is 1. The summed E-state index contributed by atoms with van der Waals surface area (Å²) < 4.78 is 7.53. The molecule has 1 aliphatic heterocycles. The van der Waals surface area contributed by atoms with Gasteiger partial charge < -0.3 is 14.2 Å². The van der Waals surface area contributed by atoms with Crippen LogP contribution in [0.25, 0.3) is 0 Å². The molecule has 0 radical (unpaired) electrons. The van der Waals surface area contributed by atoms with Gasteiger partial charge in [-0.2, -0.15) is 0 Å². The maximum absolute atomic E-state index is 12.6. The quantitative estimate of drug-likeness (QED) is 0.517. The summed E-state index contributed by atoms with van der Waals surface area (Å²) in [5.41, 5.74) is 3.65. The van der Waals surface area contributed by atoms with Crippen molar-refractivity contribution in [1.29, 1.82) is 0 Å². The number of likely N-dealkylation sites (tertiary alicyclic amines) is 1. The minimum Gasteiger partial charge on any atom is -0.457 e. The number of esters is 1. The van der Waals surface area contributed by atoms with Crippen LogP contribution in [0, 0.1) is 19.8 Å². The second-order valence-corrected chi connectivity index (χ2v) is 8.45. The minimum atomic E-state index is -0.532. The molecule has 1 aliphatic carbocycles. The second kappa shape index (κ2) is 8.09. The number of amides is 1. The Hall–Kier alpha value is -2.89. The zero-order valence-electron chi connectivity index (χ0n) is 17.8. The Bertz CT molecular complexity index is 975. The van der Waals surface area contributed by atoms with E-state index in [0.29, 0.717) is 18.2 Å². The third-order valence-electron chi connectivity index (χ3n) is 6.28. The summed E-state index contributed by atoms with van der Waals surface area (Å²) in [6.07, 6.45) is 2.42. The molecule has 1 saturated heterocycles. The summed E-state index contributed by atoms with van der Waals surface area (Å²) in [6, 6.07) is 12.0. The fraction of sp³-hybridized carbons (Fsp3) is 0.458. The van der Waals surface area contributed by atoms with Crippen LogP contribution < -0.4 is 0 Å². The number of aromatic nitrogens is 1. The molecule has 0 spiro atoms. The fourth-order valence-corrected chi connectivity index (χ4v) is 4.46. The van der Waals surface area contributed by atoms with Crippen molar-refractivity contribution in [3.63, 3.8) is 0 Å². The maximum Gasteiger partial charge on any atom is 0.311 e. The Balaban J connectivity index is 1.35. The van der Waals surface area contributed by atoms with E-state index in [2.05, 4.69) is 4.57 Å². The Labute approximate surface area is 176 Å². The number of ether oxygens (including phenoxy) is 1. The van der Waals surface area contributed by atoms with Crippen LogP contribution in [0.5, 0.6) is 0 Å². The minimum absolute atomic E-state index is 0.0624. The summed E-state index contributed by atoms with van der Waals surface area (Å²) >= 11 is 0. The van der Waals surface area contributed by atoms with Gasteiger partial charge in [0.25, 0.3) is 0 Å². The number of nitrogens with zero attached hydrogens (tertiary/aromatic N) is 2. The SMILES string of the molecule is Cc1cc(C(=O)COC(=O)[C@@H]2CC(=O)N([C@H](C)c3ccccc3)C2)c(C)n1C1CC1. The zero-order valence-corrected chi connectivity index (χ0v) is 17.8. The predicted molar refractivity (Wildman–Crippen MR) is 112 cm³/mol. The van der Waals surface area contributed by atoms with Gasteiger partial charge in [0.15, 0.2) is 6.61 Å². The third kappa shape index (κ3) is 3.91. The van der Waals surface area contributed by atoms with E-state index < -0.39 is 11.9 Å². The molecular weight excluding hydrogens is 380 g/mol. The van der Waals surface area contributed by atoms with Crippen molar-refractivity contribution in [2.75, 3.05) is 13.2 Å². The maximum atomic E-state index is 12.6. The number of rotatable bonds is 7. The van der Waals surface area contributed by atoms with Crippen LogP contribution in [-0.2, 0) is 14.3 Å². The van der Waals surface area contributed by atoms with Crippen LogP contribution in [0.2, 0.25) is 0 Å². The molecule has 1 aromatic heterocycles. The normalized spacial score (nSPS) is 19.8. The average molecular weight is 408 g/mol. The highest BCUT2D eigenvalue weighted by molar-refractivity contribution is 5.99. The summed E-state index contributed by atoms with van der Waals surface area (Å²) in [5.74, 6) is -1.26. The van der Waals surface area contributed by atoms with Crippen LogP contribution in [0.15, 0.2) is 36.4 Å². The van der Waals surface area contributed by atoms with Gasteiger partial charge in [-0.3, -0.25) is 14.4 Å². The van der Waals surface area contributed by atoms with E-state index in [1.807, 2.05) is 57.2 Å². The molecular formula is C24H28N2O4. The van der Waals surface area contributed by atoms with Crippen LogP contribution >= 0.6 is 0 Å². The first-order chi connectivity index (χ1) is 14.4. The average Bonchev–Trinajstić information content (AvgIpc) is 3.43. The van der Waals surface area contributed by atoms with Gasteiger partial charge in [0, 0.05) is 36.0 Å². The lowest BCUT2D eigenvalue weighted by molar-refractivity contribution is -0.147. The Morgan fingerprint density at radius 1 is 1.17 bits per heavy atom. The lowest BCUT2D eigenvalue weighted by Crippen LogP contribution is -2.30. The van der Waals surface area contributed by atoms with Crippen molar-refractivity contribution in [3.8, 4) is 0 Å². The Morgan fingerprint density at radius 2 is 1.87 bits per heavy atom. The van der Waals surface area contributed by atoms with E-state index in [-0.39, 0.29) is 30.8 Å². The van der Waals surface area contributed by atoms with Crippen molar-refractivity contribution < 1.29 is 19.1 Å². The topological polar surface area (TPSA) is 68.6 Å². The molecule has 4 rings (SSSR count). The molecule has 6 heteroatoms. The van der Waals surface area contributed by atoms with Gasteiger partial charge in [0.1, 0.15) is 0 Å². The monoisotopic (exact) mass is 408 g/mol. The Kier molecular flexibility index (Phi) is 5.50. The summed E-state index contributed by atoms with van der Waals surface area (Å²) in [4.78, 5) is 39.4. The lowest BCUT2D eigenvalue weighted by atomic mass is 10.1. The van der Waals surface area contributed by atoms with E-state index in [1.54, 1.807) is 4.90 Å². The van der Waals surface area contributed by atoms with Crippen molar-refractivity contribution in [3.05, 3.63) is 58.9 Å². The first kappa shape index (κ1) is 20.4. The Morgan fingerprint density at radius 3 is 2.53 bits per heavy atom. The number of hydrogen-bond acceptors (Lipinski definition) is 4. The molecule has 2 aromatic rings. The van der Waals surface area contributed by atoms with Crippen LogP contribution in [0.1, 0.15) is 65.6 Å². The third-order valence-corrected chi connectivity index (χ3v) is 6.28. The highest BCUT2D eigenvalue weighted by Gasteiger charge is 2.38. The highest BCUT2D eigenvalue weighted by atomic mass is 16.5. The first-order valence-electron chi connectivity index (χ1n) is 10.6. The predicted octanol–water partition coefficient (Wildman–Crippen LogP) is 3.78. The van der Waals surface area contributed by atoms with E-state index >= 15 is 0 Å². The molecule has 0 N–H and O–H groups in total. The second-order valence-electron chi connectivity index (χ2n) is 8.45. The molecule has 0 bridgehead atoms. The number of aryl methyl sites for hydroxylation is 1. The van der Waals surface area contributed by atoms with E-state index in [4.69, 9.17) is 4.74 Å². The van der Waals surface area contributed by atoms with Gasteiger partial charge in [-0.05, 0) is 45.2 Å². The van der Waals surface area contributed by atoms with Crippen LogP contribution in [-0.4, -0.2) is 40.3 Å². The number of Topliss-reactive ketones (excluding diaryl/α,β-unsaturated/α-hetero) is 1. The molecule has 2 aliphatic rings. The lowest BCUT2D eigenvalue weighted by Gasteiger charge is -2.25. The molecule has 6 nitrogen and oxygen atoms in total. The zero-order chi connectivity index (χ0) is 21.4. The van der Waals surface area contributed by atoms with Gasteiger partial charge in [-0.15, -0.1) is 0 Å². The molecule has 2 atom stereocenters. The molecule has 2 fully saturated rings. The molecule has 0 unspecified atom stereocenters. The number of hydrogen-bond donors (Lipinski definition) is 0. The van der Waals surface area contributed by atoms with E-state index in [9.17, 15) is 14.4 Å². The van der Waals surface area contributed by atoms with Crippen molar-refractivity contribution >= 4 is 17.7 Å².